The van der Waals surface area contributed by atoms with Gasteiger partial charge in [-0.15, -0.1) is 0 Å². The molecule has 5 heteroatoms. The molecule has 22 heavy (non-hydrogen) atoms. The van der Waals surface area contributed by atoms with Crippen molar-refractivity contribution < 1.29 is 4.74 Å². The molecule has 0 unspecified atom stereocenters. The summed E-state index contributed by atoms with van der Waals surface area (Å²) < 4.78 is 5.19. The lowest BCUT2D eigenvalue weighted by atomic mass is 10.1. The molecule has 114 valence electrons. The fraction of sp³-hybridized carbons (Fsp3) is 0.294. The van der Waals surface area contributed by atoms with Crippen molar-refractivity contribution in [3.8, 4) is 11.8 Å². The lowest BCUT2D eigenvalue weighted by molar-refractivity contribution is 0.311. The summed E-state index contributed by atoms with van der Waals surface area (Å²) in [6, 6.07) is 13.8. The number of benzene rings is 1. The summed E-state index contributed by atoms with van der Waals surface area (Å²) in [7, 11) is 5.71. The van der Waals surface area contributed by atoms with Gasteiger partial charge in [0, 0.05) is 12.7 Å². The first-order valence-corrected chi connectivity index (χ1v) is 7.05. The average Bonchev–Trinajstić information content (AvgIpc) is 2.55. The predicted octanol–water partition coefficient (Wildman–Crippen LogP) is 2.68. The molecule has 0 radical (unpaired) electrons. The number of anilines is 1. The van der Waals surface area contributed by atoms with Crippen molar-refractivity contribution in [3.05, 3.63) is 53.7 Å². The molecular formula is C17H20N4O. The molecule has 0 aliphatic carbocycles. The van der Waals surface area contributed by atoms with Gasteiger partial charge in [0.15, 0.2) is 0 Å². The van der Waals surface area contributed by atoms with Crippen LogP contribution in [-0.4, -0.2) is 37.6 Å². The highest BCUT2D eigenvalue weighted by Gasteiger charge is 2.15. The molecule has 0 aliphatic rings. The van der Waals surface area contributed by atoms with Crippen LogP contribution in [0.1, 0.15) is 17.2 Å². The maximum absolute atomic E-state index is 9.11. The Morgan fingerprint density at radius 1 is 1.27 bits per heavy atom. The number of ether oxygens (including phenoxy) is 1. The molecule has 2 rings (SSSR count). The Morgan fingerprint density at radius 3 is 2.59 bits per heavy atom. The number of pyridine rings is 1. The van der Waals surface area contributed by atoms with Crippen molar-refractivity contribution in [2.45, 2.75) is 6.04 Å². The molecule has 0 bridgehead atoms. The summed E-state index contributed by atoms with van der Waals surface area (Å²) in [6.45, 7) is 0.658. The molecular weight excluding hydrogens is 276 g/mol. The van der Waals surface area contributed by atoms with Gasteiger partial charge in [-0.05, 0) is 43.9 Å². The van der Waals surface area contributed by atoms with E-state index in [0.717, 1.165) is 5.75 Å². The number of nitrogens with zero attached hydrogens (tertiary/aromatic N) is 3. The van der Waals surface area contributed by atoms with Gasteiger partial charge in [-0.1, -0.05) is 12.1 Å². The van der Waals surface area contributed by atoms with Crippen molar-refractivity contribution in [1.82, 2.24) is 9.88 Å². The third-order valence-electron chi connectivity index (χ3n) is 3.51. The third kappa shape index (κ3) is 3.74. The highest BCUT2D eigenvalue weighted by Crippen LogP contribution is 2.22. The highest BCUT2D eigenvalue weighted by atomic mass is 16.5. The van der Waals surface area contributed by atoms with E-state index < -0.39 is 0 Å². The summed E-state index contributed by atoms with van der Waals surface area (Å²) in [6.07, 6.45) is 1.68. The zero-order valence-electron chi connectivity index (χ0n) is 13.1. The van der Waals surface area contributed by atoms with E-state index in [4.69, 9.17) is 10.00 Å². The molecule has 2 aromatic rings. The first-order chi connectivity index (χ1) is 10.7. The van der Waals surface area contributed by atoms with Crippen LogP contribution in [0.15, 0.2) is 42.6 Å². The van der Waals surface area contributed by atoms with Gasteiger partial charge in [0.05, 0.1) is 18.7 Å². The van der Waals surface area contributed by atoms with Gasteiger partial charge < -0.3 is 15.0 Å². The van der Waals surface area contributed by atoms with E-state index in [9.17, 15) is 0 Å². The van der Waals surface area contributed by atoms with Crippen LogP contribution < -0.4 is 10.1 Å². The van der Waals surface area contributed by atoms with Gasteiger partial charge in [0.25, 0.3) is 0 Å². The summed E-state index contributed by atoms with van der Waals surface area (Å²) >= 11 is 0. The number of nitriles is 1. The fourth-order valence-corrected chi connectivity index (χ4v) is 2.25. The van der Waals surface area contributed by atoms with E-state index >= 15 is 0 Å². The van der Waals surface area contributed by atoms with E-state index in [1.807, 2.05) is 26.2 Å². The molecule has 0 saturated carbocycles. The highest BCUT2D eigenvalue weighted by molar-refractivity contribution is 5.51. The molecule has 0 fully saturated rings. The van der Waals surface area contributed by atoms with Gasteiger partial charge in [-0.3, -0.25) is 0 Å². The van der Waals surface area contributed by atoms with E-state index in [-0.39, 0.29) is 6.04 Å². The summed E-state index contributed by atoms with van der Waals surface area (Å²) in [4.78, 5) is 6.36. The number of hydrogen-bond acceptors (Lipinski definition) is 5. The Kier molecular flexibility index (Phi) is 5.34. The van der Waals surface area contributed by atoms with E-state index in [0.29, 0.717) is 17.9 Å². The second-order valence-electron chi connectivity index (χ2n) is 5.14. The summed E-state index contributed by atoms with van der Waals surface area (Å²) in [5, 5.41) is 12.4. The van der Waals surface area contributed by atoms with Crippen molar-refractivity contribution in [1.29, 1.82) is 5.26 Å². The largest absolute Gasteiger partial charge is 0.497 e. The first kappa shape index (κ1) is 15.8. The van der Waals surface area contributed by atoms with Crippen LogP contribution in [-0.2, 0) is 0 Å². The minimum atomic E-state index is 0.166. The molecule has 1 atom stereocenters. The van der Waals surface area contributed by atoms with Crippen molar-refractivity contribution >= 4 is 5.82 Å². The quantitative estimate of drug-likeness (QED) is 0.888. The molecule has 5 nitrogen and oxygen atoms in total. The van der Waals surface area contributed by atoms with Gasteiger partial charge >= 0.3 is 0 Å². The van der Waals surface area contributed by atoms with Crippen LogP contribution in [0, 0.1) is 11.3 Å². The van der Waals surface area contributed by atoms with Crippen LogP contribution in [0.2, 0.25) is 0 Å². The van der Waals surface area contributed by atoms with E-state index in [2.05, 4.69) is 33.4 Å². The number of aromatic nitrogens is 1. The number of likely N-dealkylation sites (N-methyl/N-ethyl adjacent to an activating group) is 1. The smallest absolute Gasteiger partial charge is 0.143 e. The molecule has 0 amide bonds. The number of methoxy groups -OCH3 is 1. The Labute approximate surface area is 131 Å². The molecule has 1 aromatic heterocycles. The van der Waals surface area contributed by atoms with Gasteiger partial charge in [0.2, 0.25) is 0 Å². The number of nitrogens with one attached hydrogen (secondary N) is 1. The summed E-state index contributed by atoms with van der Waals surface area (Å²) in [5.74, 6) is 1.45. The first-order valence-electron chi connectivity index (χ1n) is 7.05. The van der Waals surface area contributed by atoms with E-state index in [1.54, 1.807) is 25.4 Å². The average molecular weight is 296 g/mol. The van der Waals surface area contributed by atoms with Crippen LogP contribution in [0.4, 0.5) is 5.82 Å². The van der Waals surface area contributed by atoms with Crippen LogP contribution in [0.3, 0.4) is 0 Å². The Morgan fingerprint density at radius 2 is 2.00 bits per heavy atom. The second-order valence-corrected chi connectivity index (χ2v) is 5.14. The van der Waals surface area contributed by atoms with E-state index in [1.165, 1.54) is 5.56 Å². The minimum absolute atomic E-state index is 0.166. The molecule has 0 spiro atoms. The topological polar surface area (TPSA) is 61.2 Å². The molecule has 0 saturated heterocycles. The molecule has 1 aromatic carbocycles. The van der Waals surface area contributed by atoms with Crippen LogP contribution in [0.25, 0.3) is 0 Å². The third-order valence-corrected chi connectivity index (χ3v) is 3.51. The number of hydrogen-bond donors (Lipinski definition) is 1. The second kappa shape index (κ2) is 7.43. The predicted molar refractivity (Wildman–Crippen MR) is 86.9 cm³/mol. The van der Waals surface area contributed by atoms with Crippen LogP contribution >= 0.6 is 0 Å². The summed E-state index contributed by atoms with van der Waals surface area (Å²) in [5.41, 5.74) is 1.72. The van der Waals surface area contributed by atoms with Gasteiger partial charge in [-0.25, -0.2) is 4.98 Å². The maximum Gasteiger partial charge on any atom is 0.143 e. The lowest BCUT2D eigenvalue weighted by Gasteiger charge is -2.25. The van der Waals surface area contributed by atoms with Crippen molar-refractivity contribution in [2.24, 2.45) is 0 Å². The van der Waals surface area contributed by atoms with Gasteiger partial charge in [-0.2, -0.15) is 5.26 Å². The lowest BCUT2D eigenvalue weighted by Crippen LogP contribution is -2.27. The SMILES string of the molecule is COc1ccc([C@H](CNc2ncccc2C#N)N(C)C)cc1. The number of rotatable bonds is 6. The Bertz CT molecular complexity index is 646. The molecule has 1 N–H and O–H groups in total. The van der Waals surface area contributed by atoms with Gasteiger partial charge in [0.1, 0.15) is 17.6 Å². The fourth-order valence-electron chi connectivity index (χ4n) is 2.25. The molecule has 1 heterocycles. The zero-order chi connectivity index (χ0) is 15.9. The van der Waals surface area contributed by atoms with Crippen LogP contribution in [0.5, 0.6) is 5.75 Å². The maximum atomic E-state index is 9.11. The standard InChI is InChI=1S/C17H20N4O/c1-21(2)16(13-6-8-15(22-3)9-7-13)12-20-17-14(11-18)5-4-10-19-17/h4-10,16H,12H2,1-3H3,(H,19,20)/t16-/m0/s1. The minimum Gasteiger partial charge on any atom is -0.497 e. The molecule has 0 aliphatic heterocycles. The van der Waals surface area contributed by atoms with Crippen molar-refractivity contribution in [2.75, 3.05) is 33.1 Å². The monoisotopic (exact) mass is 296 g/mol. The van der Waals surface area contributed by atoms with Crippen molar-refractivity contribution in [3.63, 3.8) is 0 Å². The zero-order valence-corrected chi connectivity index (χ0v) is 13.1. The Balaban J connectivity index is 2.13. The normalized spacial score (nSPS) is 11.8. The Hall–Kier alpha value is -2.58.